The molecule has 0 aliphatic heterocycles. The van der Waals surface area contributed by atoms with Crippen molar-refractivity contribution < 1.29 is 14.0 Å². The molecule has 34 heavy (non-hydrogen) atoms. The van der Waals surface area contributed by atoms with Crippen LogP contribution in [0.3, 0.4) is 0 Å². The molecule has 0 saturated carbocycles. The number of benzene rings is 2. The number of anilines is 1. The molecule has 0 aliphatic rings. The number of rotatable bonds is 8. The average Bonchev–Trinajstić information content (AvgIpc) is 3.48. The first-order chi connectivity index (χ1) is 16.5. The highest BCUT2D eigenvalue weighted by Gasteiger charge is 2.19. The Morgan fingerprint density at radius 1 is 1.21 bits per heavy atom. The van der Waals surface area contributed by atoms with Crippen molar-refractivity contribution in [3.8, 4) is 0 Å². The summed E-state index contributed by atoms with van der Waals surface area (Å²) in [6.45, 7) is 1.81. The molecule has 4 aromatic rings. The van der Waals surface area contributed by atoms with Crippen molar-refractivity contribution >= 4 is 46.8 Å². The number of aromatic amines is 1. The number of carbonyl (C=O) groups excluding carboxylic acids is 2. The molecule has 2 amide bonds. The second-order valence-corrected chi connectivity index (χ2v) is 8.95. The van der Waals surface area contributed by atoms with Gasteiger partial charge in [0.1, 0.15) is 17.0 Å². The lowest BCUT2D eigenvalue weighted by atomic mass is 10.1. The molecule has 0 fully saturated rings. The third-order valence-corrected chi connectivity index (χ3v) is 6.65. The van der Waals surface area contributed by atoms with Crippen LogP contribution in [0.1, 0.15) is 36.7 Å². The van der Waals surface area contributed by atoms with Gasteiger partial charge in [-0.2, -0.15) is 10.2 Å². The van der Waals surface area contributed by atoms with Gasteiger partial charge in [0.05, 0.1) is 11.9 Å². The number of thioether (sulfide) groups is 1. The van der Waals surface area contributed by atoms with Crippen LogP contribution in [-0.2, 0) is 5.75 Å². The van der Waals surface area contributed by atoms with Gasteiger partial charge in [-0.1, -0.05) is 36.0 Å². The number of carbonyl (C=O) groups is 2. The molecule has 3 N–H and O–H groups in total. The number of aromatic nitrogens is 3. The van der Waals surface area contributed by atoms with Gasteiger partial charge in [0, 0.05) is 11.3 Å². The van der Waals surface area contributed by atoms with E-state index in [0.29, 0.717) is 32.6 Å². The van der Waals surface area contributed by atoms with Gasteiger partial charge < -0.3 is 5.32 Å². The van der Waals surface area contributed by atoms with E-state index in [4.69, 9.17) is 0 Å². The maximum Gasteiger partial charge on any atom is 0.283 e. The summed E-state index contributed by atoms with van der Waals surface area (Å²) >= 11 is 2.67. The topological polar surface area (TPSA) is 112 Å². The summed E-state index contributed by atoms with van der Waals surface area (Å²) in [5.74, 6) is -0.580. The first kappa shape index (κ1) is 23.3. The van der Waals surface area contributed by atoms with E-state index >= 15 is 0 Å². The Bertz CT molecular complexity index is 1340. The molecule has 172 valence electrons. The standard InChI is InChI=1S/C23H19FN6O2S2/c1-14-11-33-20(22(32)29-26-10-15-4-3-7-18(24)9-15)19(14)28-21(31)17-6-2-5-16(8-17)12-34-23-25-13-27-30-23/h2-11,13H,12H2,1H3,(H,28,31)(H,29,32)(H,25,27,30)/b26-10+. The van der Waals surface area contributed by atoms with E-state index in [1.54, 1.807) is 35.7 Å². The Morgan fingerprint density at radius 3 is 2.85 bits per heavy atom. The highest BCUT2D eigenvalue weighted by molar-refractivity contribution is 7.98. The number of halogens is 1. The van der Waals surface area contributed by atoms with Gasteiger partial charge in [0.2, 0.25) is 0 Å². The van der Waals surface area contributed by atoms with E-state index in [2.05, 4.69) is 31.0 Å². The fraction of sp³-hybridized carbons (Fsp3) is 0.0870. The molecule has 0 atom stereocenters. The minimum absolute atomic E-state index is 0.319. The van der Waals surface area contributed by atoms with Crippen LogP contribution in [0.15, 0.2) is 70.5 Å². The summed E-state index contributed by atoms with van der Waals surface area (Å²) in [5.41, 5.74) is 5.53. The van der Waals surface area contributed by atoms with E-state index in [-0.39, 0.29) is 5.91 Å². The molecule has 0 saturated heterocycles. The predicted molar refractivity (Wildman–Crippen MR) is 131 cm³/mol. The van der Waals surface area contributed by atoms with Gasteiger partial charge in [0.15, 0.2) is 5.16 Å². The van der Waals surface area contributed by atoms with E-state index in [1.807, 2.05) is 13.0 Å². The molecule has 0 aliphatic carbocycles. The molecular formula is C23H19FN6O2S2. The Labute approximate surface area is 202 Å². The molecule has 0 bridgehead atoms. The van der Waals surface area contributed by atoms with Crippen molar-refractivity contribution in [3.63, 3.8) is 0 Å². The summed E-state index contributed by atoms with van der Waals surface area (Å²) in [6.07, 6.45) is 2.79. The van der Waals surface area contributed by atoms with Crippen LogP contribution >= 0.6 is 23.1 Å². The lowest BCUT2D eigenvalue weighted by Crippen LogP contribution is -2.20. The van der Waals surface area contributed by atoms with Gasteiger partial charge in [0.25, 0.3) is 11.8 Å². The smallest absolute Gasteiger partial charge is 0.283 e. The Morgan fingerprint density at radius 2 is 2.06 bits per heavy atom. The predicted octanol–water partition coefficient (Wildman–Crippen LogP) is 4.62. The number of amides is 2. The zero-order valence-corrected chi connectivity index (χ0v) is 19.5. The Kier molecular flexibility index (Phi) is 7.45. The molecule has 8 nitrogen and oxygen atoms in total. The number of aryl methyl sites for hydroxylation is 1. The van der Waals surface area contributed by atoms with Crippen LogP contribution in [-0.4, -0.2) is 33.2 Å². The van der Waals surface area contributed by atoms with E-state index < -0.39 is 11.7 Å². The maximum atomic E-state index is 13.3. The second-order valence-electron chi connectivity index (χ2n) is 7.11. The number of H-pyrrole nitrogens is 1. The minimum atomic E-state index is -0.474. The second kappa shape index (κ2) is 10.9. The van der Waals surface area contributed by atoms with Crippen LogP contribution < -0.4 is 10.7 Å². The quantitative estimate of drug-likeness (QED) is 0.188. The largest absolute Gasteiger partial charge is 0.320 e. The first-order valence-electron chi connectivity index (χ1n) is 10.0. The number of hydrogen-bond donors (Lipinski definition) is 3. The number of nitrogens with zero attached hydrogens (tertiary/aromatic N) is 3. The molecule has 0 spiro atoms. The van der Waals surface area contributed by atoms with Crippen LogP contribution in [0.4, 0.5) is 10.1 Å². The summed E-state index contributed by atoms with van der Waals surface area (Å²) in [6, 6.07) is 13.1. The summed E-state index contributed by atoms with van der Waals surface area (Å²) in [4.78, 5) is 30.0. The zero-order chi connectivity index (χ0) is 23.9. The highest BCUT2D eigenvalue weighted by Crippen LogP contribution is 2.28. The van der Waals surface area contributed by atoms with Crippen molar-refractivity contribution in [2.45, 2.75) is 17.8 Å². The van der Waals surface area contributed by atoms with Gasteiger partial charge >= 0.3 is 0 Å². The summed E-state index contributed by atoms with van der Waals surface area (Å²) < 4.78 is 13.3. The lowest BCUT2D eigenvalue weighted by molar-refractivity contribution is 0.0960. The fourth-order valence-electron chi connectivity index (χ4n) is 2.97. The molecule has 2 heterocycles. The maximum absolute atomic E-state index is 13.3. The number of hydrogen-bond acceptors (Lipinski definition) is 7. The van der Waals surface area contributed by atoms with Crippen molar-refractivity contribution in [1.82, 2.24) is 20.6 Å². The normalized spacial score (nSPS) is 11.0. The van der Waals surface area contributed by atoms with Crippen LogP contribution in [0, 0.1) is 12.7 Å². The molecule has 2 aromatic heterocycles. The summed E-state index contributed by atoms with van der Waals surface area (Å²) in [7, 11) is 0. The van der Waals surface area contributed by atoms with E-state index in [1.165, 1.54) is 47.8 Å². The third-order valence-electron chi connectivity index (χ3n) is 4.61. The van der Waals surface area contributed by atoms with Gasteiger partial charge in [-0.05, 0) is 53.3 Å². The van der Waals surface area contributed by atoms with Crippen molar-refractivity contribution in [2.75, 3.05) is 5.32 Å². The van der Waals surface area contributed by atoms with Crippen LogP contribution in [0.2, 0.25) is 0 Å². The fourth-order valence-corrected chi connectivity index (χ4v) is 4.59. The lowest BCUT2D eigenvalue weighted by Gasteiger charge is -2.09. The first-order valence-corrected chi connectivity index (χ1v) is 11.9. The zero-order valence-electron chi connectivity index (χ0n) is 17.9. The highest BCUT2D eigenvalue weighted by atomic mass is 32.2. The Hall–Kier alpha value is -3.83. The van der Waals surface area contributed by atoms with Gasteiger partial charge in [-0.3, -0.25) is 14.7 Å². The van der Waals surface area contributed by atoms with E-state index in [0.717, 1.165) is 11.1 Å². The Balaban J connectivity index is 1.42. The minimum Gasteiger partial charge on any atom is -0.320 e. The molecule has 0 radical (unpaired) electrons. The molecular weight excluding hydrogens is 475 g/mol. The van der Waals surface area contributed by atoms with Crippen molar-refractivity contribution in [3.05, 3.63) is 93.2 Å². The SMILES string of the molecule is Cc1csc(C(=O)N/N=C/c2cccc(F)c2)c1NC(=O)c1cccc(CSc2ncn[nH]2)c1. The molecule has 4 rings (SSSR count). The van der Waals surface area contributed by atoms with Crippen LogP contribution in [0.5, 0.6) is 0 Å². The van der Waals surface area contributed by atoms with Gasteiger partial charge in [-0.25, -0.2) is 14.8 Å². The summed E-state index contributed by atoms with van der Waals surface area (Å²) in [5, 5.41) is 15.8. The van der Waals surface area contributed by atoms with Crippen molar-refractivity contribution in [2.24, 2.45) is 5.10 Å². The van der Waals surface area contributed by atoms with Crippen LogP contribution in [0.25, 0.3) is 0 Å². The monoisotopic (exact) mass is 494 g/mol. The number of nitrogens with one attached hydrogen (secondary N) is 3. The number of hydrazone groups is 1. The van der Waals surface area contributed by atoms with Crippen molar-refractivity contribution in [1.29, 1.82) is 0 Å². The molecule has 0 unspecified atom stereocenters. The third kappa shape index (κ3) is 5.94. The van der Waals surface area contributed by atoms with Gasteiger partial charge in [-0.15, -0.1) is 11.3 Å². The van der Waals surface area contributed by atoms with E-state index in [9.17, 15) is 14.0 Å². The number of thiophene rings is 1. The molecule has 2 aromatic carbocycles. The molecule has 11 heteroatoms. The average molecular weight is 495 g/mol.